The lowest BCUT2D eigenvalue weighted by molar-refractivity contribution is -0.138. The fraction of sp³-hybridized carbons (Fsp3) is 0.0714. The van der Waals surface area contributed by atoms with Gasteiger partial charge >= 0.3 is 12.1 Å². The third-order valence-corrected chi connectivity index (χ3v) is 3.24. The van der Waals surface area contributed by atoms with E-state index in [0.29, 0.717) is 10.5 Å². The van der Waals surface area contributed by atoms with Crippen molar-refractivity contribution >= 4 is 21.9 Å². The number of carboxylic acid groups (broad SMARTS) is 1. The van der Waals surface area contributed by atoms with Crippen LogP contribution in [-0.2, 0) is 6.18 Å². The fourth-order valence-corrected chi connectivity index (χ4v) is 1.99. The van der Waals surface area contributed by atoms with Gasteiger partial charge in [-0.15, -0.1) is 0 Å². The number of hydrogen-bond acceptors (Lipinski definition) is 2. The first kappa shape index (κ1) is 15.4. The summed E-state index contributed by atoms with van der Waals surface area (Å²) < 4.78 is 44.8. The van der Waals surface area contributed by atoms with Crippen molar-refractivity contribution in [1.82, 2.24) is 0 Å². The Labute approximate surface area is 126 Å². The Morgan fingerprint density at radius 3 is 2.33 bits per heavy atom. The van der Waals surface area contributed by atoms with E-state index in [1.807, 2.05) is 0 Å². The number of benzene rings is 2. The van der Waals surface area contributed by atoms with Crippen LogP contribution in [-0.4, -0.2) is 11.1 Å². The van der Waals surface area contributed by atoms with Gasteiger partial charge in [0.25, 0.3) is 0 Å². The molecule has 0 saturated carbocycles. The van der Waals surface area contributed by atoms with Gasteiger partial charge in [0.2, 0.25) is 0 Å². The Balaban J connectivity index is 2.48. The summed E-state index contributed by atoms with van der Waals surface area (Å²) in [6.07, 6.45) is -4.72. The Morgan fingerprint density at radius 2 is 1.76 bits per heavy atom. The zero-order chi connectivity index (χ0) is 15.6. The third kappa shape index (κ3) is 3.55. The molecule has 0 aliphatic heterocycles. The number of carboxylic acids is 1. The van der Waals surface area contributed by atoms with Crippen LogP contribution in [0, 0.1) is 0 Å². The first-order valence-electron chi connectivity index (χ1n) is 5.66. The average molecular weight is 361 g/mol. The van der Waals surface area contributed by atoms with Gasteiger partial charge in [0.15, 0.2) is 0 Å². The predicted molar refractivity (Wildman–Crippen MR) is 72.6 cm³/mol. The van der Waals surface area contributed by atoms with E-state index in [2.05, 4.69) is 15.9 Å². The molecule has 2 rings (SSSR count). The van der Waals surface area contributed by atoms with E-state index in [0.717, 1.165) is 12.1 Å². The highest BCUT2D eigenvalue weighted by atomic mass is 79.9. The average Bonchev–Trinajstić information content (AvgIpc) is 2.40. The van der Waals surface area contributed by atoms with Crippen molar-refractivity contribution in [2.45, 2.75) is 6.18 Å². The van der Waals surface area contributed by atoms with Crippen molar-refractivity contribution in [2.75, 3.05) is 0 Å². The highest BCUT2D eigenvalue weighted by Crippen LogP contribution is 2.40. The molecule has 0 aliphatic rings. The van der Waals surface area contributed by atoms with Crippen molar-refractivity contribution in [3.05, 3.63) is 58.1 Å². The molecular weight excluding hydrogens is 353 g/mol. The van der Waals surface area contributed by atoms with Gasteiger partial charge in [0, 0.05) is 0 Å². The Bertz CT molecular complexity index is 683. The van der Waals surface area contributed by atoms with Gasteiger partial charge < -0.3 is 9.84 Å². The van der Waals surface area contributed by atoms with E-state index in [1.165, 1.54) is 6.07 Å². The first-order valence-corrected chi connectivity index (χ1v) is 6.45. The minimum Gasteiger partial charge on any atom is -0.478 e. The standard InChI is InChI=1S/C14H8BrF3O3/c15-10-3-1-2-4-12(10)21-11-6-5-8(13(19)20)7-9(11)14(16,17)18/h1-7H,(H,19,20). The molecule has 21 heavy (non-hydrogen) atoms. The number of alkyl halides is 3. The number of hydrogen-bond donors (Lipinski definition) is 1. The molecule has 2 aromatic rings. The summed E-state index contributed by atoms with van der Waals surface area (Å²) in [6.45, 7) is 0. The Kier molecular flexibility index (Phi) is 4.22. The number of halogens is 4. The quantitative estimate of drug-likeness (QED) is 0.841. The summed E-state index contributed by atoms with van der Waals surface area (Å²) in [7, 11) is 0. The van der Waals surface area contributed by atoms with Crippen LogP contribution in [0.2, 0.25) is 0 Å². The lowest BCUT2D eigenvalue weighted by Gasteiger charge is -2.15. The van der Waals surface area contributed by atoms with E-state index in [1.54, 1.807) is 18.2 Å². The van der Waals surface area contributed by atoms with E-state index in [9.17, 15) is 18.0 Å². The second kappa shape index (κ2) is 5.77. The van der Waals surface area contributed by atoms with Crippen molar-refractivity contribution < 1.29 is 27.8 Å². The molecule has 0 unspecified atom stereocenters. The second-order valence-corrected chi connectivity index (χ2v) is 4.90. The van der Waals surface area contributed by atoms with E-state index >= 15 is 0 Å². The monoisotopic (exact) mass is 360 g/mol. The van der Waals surface area contributed by atoms with Crippen LogP contribution in [0.3, 0.4) is 0 Å². The van der Waals surface area contributed by atoms with Crippen LogP contribution in [0.15, 0.2) is 46.9 Å². The van der Waals surface area contributed by atoms with Crippen LogP contribution in [0.1, 0.15) is 15.9 Å². The van der Waals surface area contributed by atoms with Crippen molar-refractivity contribution in [2.24, 2.45) is 0 Å². The molecule has 3 nitrogen and oxygen atoms in total. The highest BCUT2D eigenvalue weighted by Gasteiger charge is 2.35. The molecule has 0 radical (unpaired) electrons. The van der Waals surface area contributed by atoms with Gasteiger partial charge in [0.1, 0.15) is 11.5 Å². The minimum absolute atomic E-state index is 0.200. The number of ether oxygens (including phenoxy) is 1. The molecule has 0 bridgehead atoms. The lowest BCUT2D eigenvalue weighted by Crippen LogP contribution is -2.09. The summed E-state index contributed by atoms with van der Waals surface area (Å²) >= 11 is 3.17. The van der Waals surface area contributed by atoms with Crippen molar-refractivity contribution in [1.29, 1.82) is 0 Å². The SMILES string of the molecule is O=C(O)c1ccc(Oc2ccccc2Br)c(C(F)(F)F)c1. The fourth-order valence-electron chi connectivity index (χ4n) is 1.62. The predicted octanol–water partition coefficient (Wildman–Crippen LogP) is 4.96. The zero-order valence-corrected chi connectivity index (χ0v) is 11.9. The van der Waals surface area contributed by atoms with Gasteiger partial charge in [-0.05, 0) is 46.3 Å². The molecule has 0 amide bonds. The topological polar surface area (TPSA) is 46.5 Å². The molecule has 0 aliphatic carbocycles. The van der Waals surface area contributed by atoms with Crippen LogP contribution in [0.5, 0.6) is 11.5 Å². The van der Waals surface area contributed by atoms with Crippen molar-refractivity contribution in [3.63, 3.8) is 0 Å². The maximum atomic E-state index is 13.0. The maximum absolute atomic E-state index is 13.0. The molecule has 0 spiro atoms. The number of aromatic carboxylic acids is 1. The lowest BCUT2D eigenvalue weighted by atomic mass is 10.1. The summed E-state index contributed by atoms with van der Waals surface area (Å²) in [5.41, 5.74) is -1.60. The summed E-state index contributed by atoms with van der Waals surface area (Å²) in [5.74, 6) is -1.70. The molecule has 0 atom stereocenters. The van der Waals surface area contributed by atoms with Gasteiger partial charge in [-0.2, -0.15) is 13.2 Å². The number of rotatable bonds is 3. The largest absolute Gasteiger partial charge is 0.478 e. The molecule has 0 fully saturated rings. The van der Waals surface area contributed by atoms with Crippen LogP contribution < -0.4 is 4.74 Å². The van der Waals surface area contributed by atoms with E-state index in [-0.39, 0.29) is 5.75 Å². The molecular formula is C14H8BrF3O3. The summed E-state index contributed by atoms with van der Waals surface area (Å²) in [4.78, 5) is 10.8. The molecule has 2 aromatic carbocycles. The summed E-state index contributed by atoms with van der Waals surface area (Å²) in [5, 5.41) is 8.78. The zero-order valence-electron chi connectivity index (χ0n) is 10.3. The molecule has 7 heteroatoms. The highest BCUT2D eigenvalue weighted by molar-refractivity contribution is 9.10. The van der Waals surface area contributed by atoms with Gasteiger partial charge in [-0.1, -0.05) is 12.1 Å². The third-order valence-electron chi connectivity index (χ3n) is 2.59. The molecule has 110 valence electrons. The second-order valence-electron chi connectivity index (χ2n) is 4.05. The Morgan fingerprint density at radius 1 is 1.10 bits per heavy atom. The number of carbonyl (C=O) groups is 1. The van der Waals surface area contributed by atoms with Crippen LogP contribution >= 0.6 is 15.9 Å². The minimum atomic E-state index is -4.72. The van der Waals surface area contributed by atoms with Gasteiger partial charge in [-0.3, -0.25) is 0 Å². The Hall–Kier alpha value is -2.02. The molecule has 0 heterocycles. The molecule has 1 N–H and O–H groups in total. The normalized spacial score (nSPS) is 11.2. The first-order chi connectivity index (χ1) is 9.79. The van der Waals surface area contributed by atoms with Gasteiger partial charge in [0.05, 0.1) is 15.6 Å². The van der Waals surface area contributed by atoms with Crippen LogP contribution in [0.4, 0.5) is 13.2 Å². The van der Waals surface area contributed by atoms with E-state index in [4.69, 9.17) is 9.84 Å². The smallest absolute Gasteiger partial charge is 0.420 e. The summed E-state index contributed by atoms with van der Waals surface area (Å²) in [6, 6.07) is 9.02. The molecule has 0 aromatic heterocycles. The number of para-hydroxylation sites is 1. The van der Waals surface area contributed by atoms with Crippen molar-refractivity contribution in [3.8, 4) is 11.5 Å². The van der Waals surface area contributed by atoms with Crippen LogP contribution in [0.25, 0.3) is 0 Å². The van der Waals surface area contributed by atoms with E-state index < -0.39 is 29.0 Å². The van der Waals surface area contributed by atoms with Gasteiger partial charge in [-0.25, -0.2) is 4.79 Å². The molecule has 0 saturated heterocycles. The maximum Gasteiger partial charge on any atom is 0.420 e.